The van der Waals surface area contributed by atoms with Gasteiger partial charge in [0.25, 0.3) is 0 Å². The largest absolute Gasteiger partial charge is 0.496 e. The molecule has 114 valence electrons. The van der Waals surface area contributed by atoms with Crippen molar-refractivity contribution < 1.29 is 4.74 Å². The molecule has 1 aromatic rings. The molecule has 3 heteroatoms. The van der Waals surface area contributed by atoms with E-state index < -0.39 is 0 Å². The molecule has 0 aliphatic carbocycles. The van der Waals surface area contributed by atoms with Crippen LogP contribution in [0, 0.1) is 13.8 Å². The van der Waals surface area contributed by atoms with Gasteiger partial charge in [-0.25, -0.2) is 0 Å². The van der Waals surface area contributed by atoms with Gasteiger partial charge in [0, 0.05) is 6.04 Å². The highest BCUT2D eigenvalue weighted by molar-refractivity contribution is 5.42. The predicted octanol–water partition coefficient (Wildman–Crippen LogP) is 4.18. The summed E-state index contributed by atoms with van der Waals surface area (Å²) in [4.78, 5) is 0. The summed E-state index contributed by atoms with van der Waals surface area (Å²) in [6, 6.07) is 4.54. The minimum Gasteiger partial charge on any atom is -0.496 e. The number of hydrogen-bond donors (Lipinski definition) is 2. The van der Waals surface area contributed by atoms with Crippen molar-refractivity contribution in [2.24, 2.45) is 5.84 Å². The topological polar surface area (TPSA) is 47.3 Å². The van der Waals surface area contributed by atoms with Gasteiger partial charge in [0.15, 0.2) is 0 Å². The lowest BCUT2D eigenvalue weighted by Gasteiger charge is -2.20. The summed E-state index contributed by atoms with van der Waals surface area (Å²) in [6.07, 6.45) is 7.55. The second-order valence-corrected chi connectivity index (χ2v) is 5.60. The third-order valence-corrected chi connectivity index (χ3v) is 3.96. The first kappa shape index (κ1) is 17.0. The van der Waals surface area contributed by atoms with Crippen LogP contribution in [0.3, 0.4) is 0 Å². The van der Waals surface area contributed by atoms with Gasteiger partial charge in [-0.2, -0.15) is 0 Å². The van der Waals surface area contributed by atoms with Crippen LogP contribution in [0.4, 0.5) is 0 Å². The lowest BCUT2D eigenvalue weighted by atomic mass is 9.94. The summed E-state index contributed by atoms with van der Waals surface area (Å²) in [6.45, 7) is 6.45. The van der Waals surface area contributed by atoms with Crippen LogP contribution in [0.5, 0.6) is 5.75 Å². The van der Waals surface area contributed by atoms with Crippen molar-refractivity contribution in [3.8, 4) is 5.75 Å². The molecular formula is C17H30N2O. The van der Waals surface area contributed by atoms with E-state index in [1.54, 1.807) is 7.11 Å². The molecule has 1 aromatic carbocycles. The quantitative estimate of drug-likeness (QED) is 0.405. The van der Waals surface area contributed by atoms with Gasteiger partial charge >= 0.3 is 0 Å². The highest BCUT2D eigenvalue weighted by atomic mass is 16.5. The number of methoxy groups -OCH3 is 1. The maximum Gasteiger partial charge on any atom is 0.122 e. The molecule has 0 aromatic heterocycles. The Morgan fingerprint density at radius 2 is 1.80 bits per heavy atom. The number of rotatable bonds is 9. The molecule has 0 spiro atoms. The smallest absolute Gasteiger partial charge is 0.122 e. The van der Waals surface area contributed by atoms with E-state index in [1.807, 2.05) is 0 Å². The molecule has 0 aliphatic heterocycles. The fourth-order valence-corrected chi connectivity index (χ4v) is 2.69. The van der Waals surface area contributed by atoms with Crippen LogP contribution < -0.4 is 16.0 Å². The van der Waals surface area contributed by atoms with Crippen LogP contribution >= 0.6 is 0 Å². The summed E-state index contributed by atoms with van der Waals surface area (Å²) in [7, 11) is 1.72. The number of hydrogen-bond acceptors (Lipinski definition) is 3. The van der Waals surface area contributed by atoms with E-state index in [4.69, 9.17) is 10.6 Å². The van der Waals surface area contributed by atoms with E-state index in [0.29, 0.717) is 0 Å². The highest BCUT2D eigenvalue weighted by Gasteiger charge is 2.14. The highest BCUT2D eigenvalue weighted by Crippen LogP contribution is 2.28. The van der Waals surface area contributed by atoms with E-state index in [-0.39, 0.29) is 6.04 Å². The zero-order valence-electron chi connectivity index (χ0n) is 13.5. The lowest BCUT2D eigenvalue weighted by molar-refractivity contribution is 0.410. The van der Waals surface area contributed by atoms with E-state index in [9.17, 15) is 0 Å². The van der Waals surface area contributed by atoms with Gasteiger partial charge in [0.2, 0.25) is 0 Å². The van der Waals surface area contributed by atoms with E-state index >= 15 is 0 Å². The number of nitrogens with one attached hydrogen (secondary N) is 1. The van der Waals surface area contributed by atoms with E-state index in [0.717, 1.165) is 12.2 Å². The Morgan fingerprint density at radius 1 is 1.10 bits per heavy atom. The number of aryl methyl sites for hydroxylation is 2. The van der Waals surface area contributed by atoms with Gasteiger partial charge < -0.3 is 4.74 Å². The van der Waals surface area contributed by atoms with Crippen molar-refractivity contribution in [2.45, 2.75) is 65.3 Å². The maximum atomic E-state index is 5.75. The first-order valence-electron chi connectivity index (χ1n) is 7.75. The van der Waals surface area contributed by atoms with Crippen LogP contribution in [0.2, 0.25) is 0 Å². The van der Waals surface area contributed by atoms with Crippen LogP contribution in [0.15, 0.2) is 12.1 Å². The summed E-state index contributed by atoms with van der Waals surface area (Å²) in [5.41, 5.74) is 6.67. The summed E-state index contributed by atoms with van der Waals surface area (Å²) in [5, 5.41) is 0. The van der Waals surface area contributed by atoms with Crippen molar-refractivity contribution in [3.05, 3.63) is 28.8 Å². The molecule has 0 radical (unpaired) electrons. The molecule has 0 fully saturated rings. The summed E-state index contributed by atoms with van der Waals surface area (Å²) < 4.78 is 5.37. The minimum absolute atomic E-state index is 0.237. The van der Waals surface area contributed by atoms with Crippen molar-refractivity contribution in [1.29, 1.82) is 0 Å². The van der Waals surface area contributed by atoms with Crippen molar-refractivity contribution >= 4 is 0 Å². The maximum absolute atomic E-state index is 5.75. The third kappa shape index (κ3) is 4.80. The van der Waals surface area contributed by atoms with Crippen LogP contribution in [0.1, 0.15) is 68.2 Å². The average molecular weight is 278 g/mol. The second kappa shape index (κ2) is 8.98. The van der Waals surface area contributed by atoms with Crippen molar-refractivity contribution in [1.82, 2.24) is 5.43 Å². The molecule has 1 atom stereocenters. The first-order valence-corrected chi connectivity index (χ1v) is 7.75. The van der Waals surface area contributed by atoms with Crippen molar-refractivity contribution in [3.63, 3.8) is 0 Å². The molecule has 0 heterocycles. The monoisotopic (exact) mass is 278 g/mol. The molecule has 0 saturated heterocycles. The zero-order valence-corrected chi connectivity index (χ0v) is 13.5. The molecule has 0 bridgehead atoms. The second-order valence-electron chi connectivity index (χ2n) is 5.60. The zero-order chi connectivity index (χ0) is 15.0. The van der Waals surface area contributed by atoms with E-state index in [1.165, 1.54) is 48.8 Å². The number of hydrazine groups is 1. The van der Waals surface area contributed by atoms with Crippen LogP contribution in [-0.2, 0) is 0 Å². The van der Waals surface area contributed by atoms with Gasteiger partial charge in [-0.1, -0.05) is 45.1 Å². The van der Waals surface area contributed by atoms with Gasteiger partial charge in [-0.05, 0) is 43.0 Å². The van der Waals surface area contributed by atoms with E-state index in [2.05, 4.69) is 38.3 Å². The Labute approximate surface area is 123 Å². The van der Waals surface area contributed by atoms with Crippen LogP contribution in [-0.4, -0.2) is 7.11 Å². The van der Waals surface area contributed by atoms with Gasteiger partial charge in [-0.15, -0.1) is 0 Å². The number of unbranched alkanes of at least 4 members (excludes halogenated alkanes) is 4. The standard InChI is InChI=1S/C17H30N2O/c1-5-6-7-8-9-10-16(19-18)15-11-14(3)17(20-4)12-13(15)2/h11-12,16,19H,5-10,18H2,1-4H3. The van der Waals surface area contributed by atoms with Crippen molar-refractivity contribution in [2.75, 3.05) is 7.11 Å². The Morgan fingerprint density at radius 3 is 2.40 bits per heavy atom. The Hall–Kier alpha value is -1.06. The third-order valence-electron chi connectivity index (χ3n) is 3.96. The fourth-order valence-electron chi connectivity index (χ4n) is 2.69. The molecule has 0 saturated carbocycles. The molecule has 20 heavy (non-hydrogen) atoms. The van der Waals surface area contributed by atoms with Gasteiger partial charge in [0.05, 0.1) is 7.11 Å². The molecule has 1 unspecified atom stereocenters. The number of ether oxygens (including phenoxy) is 1. The first-order chi connectivity index (χ1) is 9.63. The molecular weight excluding hydrogens is 248 g/mol. The molecule has 0 aliphatic rings. The Bertz CT molecular complexity index is 404. The van der Waals surface area contributed by atoms with Gasteiger partial charge in [-0.3, -0.25) is 11.3 Å². The Balaban J connectivity index is 2.67. The van der Waals surface area contributed by atoms with Gasteiger partial charge in [0.1, 0.15) is 5.75 Å². The molecule has 3 N–H and O–H groups in total. The number of benzene rings is 1. The number of nitrogens with two attached hydrogens (primary N) is 1. The normalized spacial score (nSPS) is 12.4. The molecule has 1 rings (SSSR count). The minimum atomic E-state index is 0.237. The fraction of sp³-hybridized carbons (Fsp3) is 0.647. The Kier molecular flexibility index (Phi) is 7.63. The average Bonchev–Trinajstić information content (AvgIpc) is 2.45. The summed E-state index contributed by atoms with van der Waals surface area (Å²) >= 11 is 0. The summed E-state index contributed by atoms with van der Waals surface area (Å²) in [5.74, 6) is 6.70. The van der Waals surface area contributed by atoms with Crippen LogP contribution in [0.25, 0.3) is 0 Å². The predicted molar refractivity (Wildman–Crippen MR) is 85.9 cm³/mol. The SMILES string of the molecule is CCCCCCCC(NN)c1cc(C)c(OC)cc1C. The lowest BCUT2D eigenvalue weighted by Crippen LogP contribution is -2.28. The molecule has 3 nitrogen and oxygen atoms in total. The molecule has 0 amide bonds.